The molecule has 1 amide bonds. The summed E-state index contributed by atoms with van der Waals surface area (Å²) in [6.45, 7) is 1.97. The molecule has 7 heteroatoms. The predicted molar refractivity (Wildman–Crippen MR) is 100 cm³/mol. The smallest absolute Gasteiger partial charge is 0.283 e. The number of halogens is 1. The van der Waals surface area contributed by atoms with Gasteiger partial charge in [0.25, 0.3) is 11.6 Å². The van der Waals surface area contributed by atoms with Crippen LogP contribution < -0.4 is 9.64 Å². The van der Waals surface area contributed by atoms with Gasteiger partial charge < -0.3 is 9.64 Å². The Hall–Kier alpha value is -2.60. The number of hydrogen-bond acceptors (Lipinski definition) is 4. The number of amides is 1. The lowest BCUT2D eigenvalue weighted by molar-refractivity contribution is -0.385. The van der Waals surface area contributed by atoms with E-state index in [-0.39, 0.29) is 22.3 Å². The second kappa shape index (κ2) is 7.33. The maximum atomic E-state index is 13.3. The topological polar surface area (TPSA) is 72.7 Å². The van der Waals surface area contributed by atoms with Crippen molar-refractivity contribution in [1.29, 1.82) is 0 Å². The lowest BCUT2D eigenvalue weighted by atomic mass is 10.1. The highest BCUT2D eigenvalue weighted by Gasteiger charge is 2.37. The molecule has 1 unspecified atom stereocenters. The van der Waals surface area contributed by atoms with Crippen molar-refractivity contribution >= 4 is 28.9 Å². The Morgan fingerprint density at radius 3 is 2.46 bits per heavy atom. The zero-order chi connectivity index (χ0) is 18.8. The number of ether oxygens (including phenoxy) is 1. The van der Waals surface area contributed by atoms with Crippen LogP contribution >= 0.6 is 11.6 Å². The summed E-state index contributed by atoms with van der Waals surface area (Å²) in [5, 5.41) is 11.6. The van der Waals surface area contributed by atoms with E-state index in [2.05, 4.69) is 0 Å². The van der Waals surface area contributed by atoms with Gasteiger partial charge in [-0.05, 0) is 62.1 Å². The van der Waals surface area contributed by atoms with Gasteiger partial charge in [-0.2, -0.15) is 0 Å². The number of rotatable bonds is 6. The summed E-state index contributed by atoms with van der Waals surface area (Å²) in [5.74, 6) is 0.669. The van der Waals surface area contributed by atoms with Crippen LogP contribution in [0.1, 0.15) is 30.1 Å². The summed E-state index contributed by atoms with van der Waals surface area (Å²) in [5.41, 5.74) is 0.422. The van der Waals surface area contributed by atoms with Crippen LogP contribution in [0, 0.1) is 16.0 Å². The summed E-state index contributed by atoms with van der Waals surface area (Å²) < 4.78 is 5.17. The first-order valence-corrected chi connectivity index (χ1v) is 8.71. The molecule has 1 aliphatic rings. The van der Waals surface area contributed by atoms with Crippen LogP contribution in [-0.2, 0) is 0 Å². The second-order valence-corrected chi connectivity index (χ2v) is 6.81. The van der Waals surface area contributed by atoms with Crippen molar-refractivity contribution in [3.05, 3.63) is 63.2 Å². The fourth-order valence-electron chi connectivity index (χ4n) is 3.04. The number of hydrogen-bond donors (Lipinski definition) is 0. The minimum absolute atomic E-state index is 0.0303. The summed E-state index contributed by atoms with van der Waals surface area (Å²) in [6, 6.07) is 11.2. The van der Waals surface area contributed by atoms with Crippen LogP contribution in [0.2, 0.25) is 5.02 Å². The van der Waals surface area contributed by atoms with Gasteiger partial charge >= 0.3 is 0 Å². The number of methoxy groups -OCH3 is 1. The number of benzene rings is 2. The molecule has 0 saturated heterocycles. The number of anilines is 1. The van der Waals surface area contributed by atoms with Gasteiger partial charge in [-0.3, -0.25) is 14.9 Å². The minimum atomic E-state index is -0.576. The van der Waals surface area contributed by atoms with Crippen molar-refractivity contribution in [1.82, 2.24) is 0 Å². The first-order valence-electron chi connectivity index (χ1n) is 8.34. The molecule has 0 heterocycles. The van der Waals surface area contributed by atoms with E-state index in [9.17, 15) is 14.9 Å². The average molecular weight is 375 g/mol. The quantitative estimate of drug-likeness (QED) is 0.542. The summed E-state index contributed by atoms with van der Waals surface area (Å²) >= 11 is 5.88. The second-order valence-electron chi connectivity index (χ2n) is 6.37. The van der Waals surface area contributed by atoms with Gasteiger partial charge in [0.1, 0.15) is 11.3 Å². The maximum Gasteiger partial charge on any atom is 0.283 e. The lowest BCUT2D eigenvalue weighted by Crippen LogP contribution is -2.40. The molecule has 6 nitrogen and oxygen atoms in total. The maximum absolute atomic E-state index is 13.3. The van der Waals surface area contributed by atoms with E-state index in [1.807, 2.05) is 6.92 Å². The summed E-state index contributed by atoms with van der Waals surface area (Å²) in [4.78, 5) is 25.7. The van der Waals surface area contributed by atoms with Crippen molar-refractivity contribution in [3.63, 3.8) is 0 Å². The zero-order valence-electron chi connectivity index (χ0n) is 14.5. The molecule has 1 aliphatic carbocycles. The predicted octanol–water partition coefficient (Wildman–Crippen LogP) is 4.70. The van der Waals surface area contributed by atoms with Gasteiger partial charge in [0.2, 0.25) is 0 Å². The molecule has 136 valence electrons. The lowest BCUT2D eigenvalue weighted by Gasteiger charge is -2.29. The Morgan fingerprint density at radius 2 is 1.92 bits per heavy atom. The van der Waals surface area contributed by atoms with Gasteiger partial charge in [-0.15, -0.1) is 0 Å². The molecule has 2 aromatic carbocycles. The highest BCUT2D eigenvalue weighted by Crippen LogP contribution is 2.38. The third kappa shape index (κ3) is 3.65. The standard InChI is InChI=1S/C19H19ClN2O4/c1-12(13-3-4-13)21(15-6-8-16(26-2)9-7-15)19(23)17-10-5-14(20)11-18(17)22(24)25/h5-13H,3-4H2,1-2H3. The molecule has 0 aliphatic heterocycles. The van der Waals surface area contributed by atoms with Crippen LogP contribution in [0.5, 0.6) is 5.75 Å². The van der Waals surface area contributed by atoms with Crippen molar-refractivity contribution in [2.75, 3.05) is 12.0 Å². The van der Waals surface area contributed by atoms with Gasteiger partial charge in [0.05, 0.1) is 12.0 Å². The zero-order valence-corrected chi connectivity index (χ0v) is 15.3. The largest absolute Gasteiger partial charge is 0.497 e. The SMILES string of the molecule is COc1ccc(N(C(=O)c2ccc(Cl)cc2[N+](=O)[O-])C(C)C2CC2)cc1. The number of carbonyl (C=O) groups excluding carboxylic acids is 1. The van der Waals surface area contributed by atoms with E-state index in [1.54, 1.807) is 36.3 Å². The molecule has 1 saturated carbocycles. The number of nitro benzene ring substituents is 1. The average Bonchev–Trinajstić information content (AvgIpc) is 3.47. The summed E-state index contributed by atoms with van der Waals surface area (Å²) in [6.07, 6.45) is 2.09. The Morgan fingerprint density at radius 1 is 1.27 bits per heavy atom. The monoisotopic (exact) mass is 374 g/mol. The third-order valence-corrected chi connectivity index (χ3v) is 4.90. The van der Waals surface area contributed by atoms with E-state index in [0.717, 1.165) is 12.8 Å². The number of carbonyl (C=O) groups is 1. The van der Waals surface area contributed by atoms with Gasteiger partial charge in [0, 0.05) is 22.8 Å². The van der Waals surface area contributed by atoms with Crippen LogP contribution in [0.25, 0.3) is 0 Å². The number of nitro groups is 1. The van der Waals surface area contributed by atoms with Crippen LogP contribution in [-0.4, -0.2) is 24.0 Å². The highest BCUT2D eigenvalue weighted by molar-refractivity contribution is 6.31. The molecule has 1 atom stereocenters. The molecule has 26 heavy (non-hydrogen) atoms. The van der Waals surface area contributed by atoms with Crippen LogP contribution in [0.3, 0.4) is 0 Å². The van der Waals surface area contributed by atoms with Crippen molar-refractivity contribution in [2.24, 2.45) is 5.92 Å². The van der Waals surface area contributed by atoms with Gasteiger partial charge in [-0.1, -0.05) is 11.6 Å². The normalized spacial score (nSPS) is 14.6. The molecule has 0 spiro atoms. The van der Waals surface area contributed by atoms with Crippen molar-refractivity contribution < 1.29 is 14.5 Å². The molecule has 1 fully saturated rings. The highest BCUT2D eigenvalue weighted by atomic mass is 35.5. The molecule has 3 rings (SSSR count). The Balaban J connectivity index is 2.04. The van der Waals surface area contributed by atoms with E-state index < -0.39 is 10.8 Å². The van der Waals surface area contributed by atoms with E-state index in [0.29, 0.717) is 17.4 Å². The summed E-state index contributed by atoms with van der Waals surface area (Å²) in [7, 11) is 1.57. The first kappa shape index (κ1) is 18.2. The molecule has 0 bridgehead atoms. The third-order valence-electron chi connectivity index (χ3n) is 4.67. The van der Waals surface area contributed by atoms with Gasteiger partial charge in [0.15, 0.2) is 0 Å². The molecule has 0 N–H and O–H groups in total. The molecular formula is C19H19ClN2O4. The van der Waals surface area contributed by atoms with Crippen LogP contribution in [0.15, 0.2) is 42.5 Å². The fraction of sp³-hybridized carbons (Fsp3) is 0.316. The minimum Gasteiger partial charge on any atom is -0.497 e. The molecule has 2 aromatic rings. The molecule has 0 radical (unpaired) electrons. The first-order chi connectivity index (χ1) is 12.4. The van der Waals surface area contributed by atoms with E-state index >= 15 is 0 Å². The Kier molecular flexibility index (Phi) is 5.13. The van der Waals surface area contributed by atoms with E-state index in [1.165, 1.54) is 18.2 Å². The number of nitrogens with zero attached hydrogens (tertiary/aromatic N) is 2. The Bertz CT molecular complexity index is 834. The molecule has 0 aromatic heterocycles. The van der Waals surface area contributed by atoms with Crippen molar-refractivity contribution in [3.8, 4) is 5.75 Å². The van der Waals surface area contributed by atoms with Crippen molar-refractivity contribution in [2.45, 2.75) is 25.8 Å². The van der Waals surface area contributed by atoms with Crippen LogP contribution in [0.4, 0.5) is 11.4 Å². The molecular weight excluding hydrogens is 356 g/mol. The van der Waals surface area contributed by atoms with Gasteiger partial charge in [-0.25, -0.2) is 0 Å². The van der Waals surface area contributed by atoms with E-state index in [4.69, 9.17) is 16.3 Å². The fourth-order valence-corrected chi connectivity index (χ4v) is 3.20. The Labute approximate surface area is 156 Å².